The molecule has 6 nitrogen and oxygen atoms in total. The summed E-state index contributed by atoms with van der Waals surface area (Å²) >= 11 is 0. The standard InChI is InChI=1S/C17H19F3N4O2/c18-17(19,20)16-23-15(24-26-16)12-2-4-13(5-3-12)22-14(25)6-1-11-7-9-21-10-8-11/h2-5,11,21H,1,6-10H2,(H,22,25). The number of halogens is 3. The Kier molecular flexibility index (Phi) is 5.55. The number of nitrogens with one attached hydrogen (secondary N) is 2. The minimum atomic E-state index is -4.67. The lowest BCUT2D eigenvalue weighted by Gasteiger charge is -2.22. The van der Waals surface area contributed by atoms with Crippen molar-refractivity contribution in [3.8, 4) is 11.4 Å². The van der Waals surface area contributed by atoms with Crippen LogP contribution in [0.3, 0.4) is 0 Å². The molecule has 1 saturated heterocycles. The van der Waals surface area contributed by atoms with Crippen LogP contribution < -0.4 is 10.6 Å². The number of nitrogens with zero attached hydrogens (tertiary/aromatic N) is 2. The zero-order valence-electron chi connectivity index (χ0n) is 14.0. The van der Waals surface area contributed by atoms with Crippen LogP contribution in [0.4, 0.5) is 18.9 Å². The first-order valence-corrected chi connectivity index (χ1v) is 8.44. The molecule has 3 rings (SSSR count). The SMILES string of the molecule is O=C(CCC1CCNCC1)Nc1ccc(-c2noc(C(F)(F)F)n2)cc1. The topological polar surface area (TPSA) is 80.0 Å². The smallest absolute Gasteiger partial charge is 0.329 e. The van der Waals surface area contributed by atoms with Crippen molar-refractivity contribution in [3.63, 3.8) is 0 Å². The molecule has 0 unspecified atom stereocenters. The second kappa shape index (κ2) is 7.86. The van der Waals surface area contributed by atoms with Crippen LogP contribution in [0.2, 0.25) is 0 Å². The Morgan fingerprint density at radius 1 is 1.23 bits per heavy atom. The summed E-state index contributed by atoms with van der Waals surface area (Å²) < 4.78 is 41.7. The summed E-state index contributed by atoms with van der Waals surface area (Å²) in [7, 11) is 0. The third kappa shape index (κ3) is 4.81. The number of hydrogen-bond donors (Lipinski definition) is 2. The fraction of sp³-hybridized carbons (Fsp3) is 0.471. The Balaban J connectivity index is 1.54. The predicted octanol–water partition coefficient (Wildman–Crippen LogP) is 3.47. The highest BCUT2D eigenvalue weighted by atomic mass is 19.4. The number of benzene rings is 1. The lowest BCUT2D eigenvalue weighted by atomic mass is 9.93. The molecule has 9 heteroatoms. The van der Waals surface area contributed by atoms with E-state index in [1.807, 2.05) is 0 Å². The molecule has 1 aliphatic rings. The number of alkyl halides is 3. The van der Waals surface area contributed by atoms with E-state index in [-0.39, 0.29) is 11.7 Å². The summed E-state index contributed by atoms with van der Waals surface area (Å²) in [6.07, 6.45) is -1.19. The van der Waals surface area contributed by atoms with Gasteiger partial charge in [-0.25, -0.2) is 0 Å². The zero-order chi connectivity index (χ0) is 18.6. The second-order valence-electron chi connectivity index (χ2n) is 6.28. The molecule has 1 aromatic carbocycles. The molecule has 0 atom stereocenters. The number of amides is 1. The monoisotopic (exact) mass is 368 g/mol. The zero-order valence-corrected chi connectivity index (χ0v) is 14.0. The van der Waals surface area contributed by atoms with Gasteiger partial charge in [0.05, 0.1) is 0 Å². The molecule has 1 fully saturated rings. The summed E-state index contributed by atoms with van der Waals surface area (Å²) in [5, 5.41) is 9.41. The first-order valence-electron chi connectivity index (χ1n) is 8.44. The van der Waals surface area contributed by atoms with E-state index >= 15 is 0 Å². The molecule has 1 amide bonds. The van der Waals surface area contributed by atoms with Gasteiger partial charge in [-0.3, -0.25) is 4.79 Å². The molecule has 2 aromatic rings. The Hall–Kier alpha value is -2.42. The highest BCUT2D eigenvalue weighted by molar-refractivity contribution is 5.90. The lowest BCUT2D eigenvalue weighted by molar-refractivity contribution is -0.159. The number of piperidine rings is 1. The van der Waals surface area contributed by atoms with Crippen LogP contribution >= 0.6 is 0 Å². The van der Waals surface area contributed by atoms with Crippen molar-refractivity contribution in [3.05, 3.63) is 30.2 Å². The van der Waals surface area contributed by atoms with Gasteiger partial charge in [0.15, 0.2) is 0 Å². The molecule has 140 valence electrons. The third-order valence-electron chi connectivity index (χ3n) is 4.33. The van der Waals surface area contributed by atoms with E-state index in [4.69, 9.17) is 0 Å². The highest BCUT2D eigenvalue weighted by Crippen LogP contribution is 2.29. The Bertz CT molecular complexity index is 737. The average Bonchev–Trinajstić information content (AvgIpc) is 3.12. The highest BCUT2D eigenvalue weighted by Gasteiger charge is 2.38. The molecule has 2 N–H and O–H groups in total. The van der Waals surface area contributed by atoms with E-state index in [0.717, 1.165) is 32.4 Å². The number of aromatic nitrogens is 2. The molecular formula is C17H19F3N4O2. The van der Waals surface area contributed by atoms with E-state index in [9.17, 15) is 18.0 Å². The molecule has 2 heterocycles. The van der Waals surface area contributed by atoms with Crippen LogP contribution in [0.15, 0.2) is 28.8 Å². The van der Waals surface area contributed by atoms with Crippen LogP contribution in [-0.4, -0.2) is 29.1 Å². The van der Waals surface area contributed by atoms with Crippen molar-refractivity contribution in [2.75, 3.05) is 18.4 Å². The first kappa shape index (κ1) is 18.4. The summed E-state index contributed by atoms with van der Waals surface area (Å²) in [5.41, 5.74) is 0.945. The minimum Gasteiger partial charge on any atom is -0.329 e. The molecule has 1 aliphatic heterocycles. The van der Waals surface area contributed by atoms with Gasteiger partial charge in [-0.05, 0) is 62.5 Å². The lowest BCUT2D eigenvalue weighted by Crippen LogP contribution is -2.28. The van der Waals surface area contributed by atoms with Crippen molar-refractivity contribution in [2.24, 2.45) is 5.92 Å². The van der Waals surface area contributed by atoms with Crippen LogP contribution in [0.1, 0.15) is 31.6 Å². The fourth-order valence-corrected chi connectivity index (χ4v) is 2.89. The molecule has 26 heavy (non-hydrogen) atoms. The summed E-state index contributed by atoms with van der Waals surface area (Å²) in [6.45, 7) is 2.00. The van der Waals surface area contributed by atoms with E-state index in [1.54, 1.807) is 12.1 Å². The molecule has 0 aliphatic carbocycles. The van der Waals surface area contributed by atoms with Gasteiger partial charge in [0.1, 0.15) is 0 Å². The largest absolute Gasteiger partial charge is 0.471 e. The molecule has 0 bridgehead atoms. The van der Waals surface area contributed by atoms with Gasteiger partial charge in [-0.1, -0.05) is 5.16 Å². The van der Waals surface area contributed by atoms with Crippen molar-refractivity contribution in [1.82, 2.24) is 15.5 Å². The van der Waals surface area contributed by atoms with Crippen molar-refractivity contribution in [2.45, 2.75) is 31.9 Å². The number of carbonyl (C=O) groups excluding carboxylic acids is 1. The van der Waals surface area contributed by atoms with Crippen LogP contribution in [0.5, 0.6) is 0 Å². The summed E-state index contributed by atoms with van der Waals surface area (Å²) in [4.78, 5) is 15.4. The maximum absolute atomic E-state index is 12.5. The van der Waals surface area contributed by atoms with Gasteiger partial charge in [0.2, 0.25) is 11.7 Å². The maximum atomic E-state index is 12.5. The first-order chi connectivity index (χ1) is 12.4. The van der Waals surface area contributed by atoms with Gasteiger partial charge < -0.3 is 15.2 Å². The van der Waals surface area contributed by atoms with E-state index in [0.29, 0.717) is 23.6 Å². The summed E-state index contributed by atoms with van der Waals surface area (Å²) in [5.74, 6) is -1.04. The fourth-order valence-electron chi connectivity index (χ4n) is 2.89. The maximum Gasteiger partial charge on any atom is 0.471 e. The Labute approximate surface area is 148 Å². The quantitative estimate of drug-likeness (QED) is 0.845. The Morgan fingerprint density at radius 3 is 2.54 bits per heavy atom. The van der Waals surface area contributed by atoms with Crippen molar-refractivity contribution < 1.29 is 22.5 Å². The number of carbonyl (C=O) groups is 1. The number of hydrogen-bond acceptors (Lipinski definition) is 5. The van der Waals surface area contributed by atoms with Gasteiger partial charge in [0.25, 0.3) is 0 Å². The van der Waals surface area contributed by atoms with Gasteiger partial charge in [-0.15, -0.1) is 0 Å². The Morgan fingerprint density at radius 2 is 1.92 bits per heavy atom. The van der Waals surface area contributed by atoms with Crippen LogP contribution in [0, 0.1) is 5.92 Å². The molecule has 0 saturated carbocycles. The molecule has 0 radical (unpaired) electrons. The number of anilines is 1. The predicted molar refractivity (Wildman–Crippen MR) is 88.2 cm³/mol. The molecule has 0 spiro atoms. The normalized spacial score (nSPS) is 15.8. The van der Waals surface area contributed by atoms with Gasteiger partial charge >= 0.3 is 12.1 Å². The van der Waals surface area contributed by atoms with Crippen LogP contribution in [-0.2, 0) is 11.0 Å². The van der Waals surface area contributed by atoms with Gasteiger partial charge in [-0.2, -0.15) is 18.2 Å². The van der Waals surface area contributed by atoms with E-state index in [1.165, 1.54) is 12.1 Å². The molecule has 1 aromatic heterocycles. The van der Waals surface area contributed by atoms with E-state index < -0.39 is 12.1 Å². The molecular weight excluding hydrogens is 349 g/mol. The van der Waals surface area contributed by atoms with Gasteiger partial charge in [0, 0.05) is 17.7 Å². The summed E-state index contributed by atoms with van der Waals surface area (Å²) in [6, 6.07) is 6.27. The second-order valence-corrected chi connectivity index (χ2v) is 6.28. The minimum absolute atomic E-state index is 0.0739. The third-order valence-corrected chi connectivity index (χ3v) is 4.33. The average molecular weight is 368 g/mol. The van der Waals surface area contributed by atoms with Crippen molar-refractivity contribution >= 4 is 11.6 Å². The number of rotatable bonds is 5. The van der Waals surface area contributed by atoms with Crippen molar-refractivity contribution in [1.29, 1.82) is 0 Å². The van der Waals surface area contributed by atoms with E-state index in [2.05, 4.69) is 25.3 Å². The van der Waals surface area contributed by atoms with Crippen LogP contribution in [0.25, 0.3) is 11.4 Å².